The van der Waals surface area contributed by atoms with Crippen molar-refractivity contribution in [3.8, 4) is 0 Å². The van der Waals surface area contributed by atoms with Gasteiger partial charge in [0.2, 0.25) is 12.2 Å². The van der Waals surface area contributed by atoms with E-state index in [2.05, 4.69) is 9.98 Å². The van der Waals surface area contributed by atoms with Crippen molar-refractivity contribution in [1.82, 2.24) is 0 Å². The predicted molar refractivity (Wildman–Crippen MR) is 63.1 cm³/mol. The summed E-state index contributed by atoms with van der Waals surface area (Å²) in [5, 5.41) is 0. The van der Waals surface area contributed by atoms with Gasteiger partial charge in [0, 0.05) is 0 Å². The van der Waals surface area contributed by atoms with Crippen molar-refractivity contribution in [2.24, 2.45) is 27.2 Å². The molecular weight excluding hydrogens is 216 g/mol. The lowest BCUT2D eigenvalue weighted by Gasteiger charge is -2.28. The van der Waals surface area contributed by atoms with E-state index in [4.69, 9.17) is 0 Å². The summed E-state index contributed by atoms with van der Waals surface area (Å²) in [6.07, 6.45) is 10.3. The van der Waals surface area contributed by atoms with Gasteiger partial charge in [0.15, 0.2) is 0 Å². The van der Waals surface area contributed by atoms with Crippen LogP contribution in [0.5, 0.6) is 0 Å². The minimum Gasteiger partial charge on any atom is -0.211 e. The summed E-state index contributed by atoms with van der Waals surface area (Å²) in [6.45, 7) is 1.27. The number of carbonyl (C=O) groups excluding carboxylic acids is 2. The Bertz CT molecular complexity index is 370. The molecule has 0 aliphatic heterocycles. The van der Waals surface area contributed by atoms with E-state index in [-0.39, 0.29) is 0 Å². The Labute approximate surface area is 101 Å². The number of nitrogens with zero attached hydrogens (tertiary/aromatic N) is 2. The monoisotopic (exact) mass is 234 g/mol. The molecule has 0 aromatic rings. The zero-order chi connectivity index (χ0) is 12.1. The second kappa shape index (κ2) is 5.39. The van der Waals surface area contributed by atoms with Crippen molar-refractivity contribution >= 4 is 12.2 Å². The quantitative estimate of drug-likeness (QED) is 0.402. The van der Waals surface area contributed by atoms with Crippen LogP contribution in [0.25, 0.3) is 0 Å². The molecule has 0 saturated heterocycles. The van der Waals surface area contributed by atoms with Gasteiger partial charge in [0.25, 0.3) is 0 Å². The first-order valence-corrected chi connectivity index (χ1v) is 6.37. The second-order valence-electron chi connectivity index (χ2n) is 5.49. The molecule has 3 atom stereocenters. The molecule has 0 heterocycles. The van der Waals surface area contributed by atoms with E-state index in [1.54, 1.807) is 12.2 Å². The zero-order valence-corrected chi connectivity index (χ0v) is 10.0. The lowest BCUT2D eigenvalue weighted by molar-refractivity contribution is 0.242. The van der Waals surface area contributed by atoms with Crippen molar-refractivity contribution in [1.29, 1.82) is 0 Å². The van der Waals surface area contributed by atoms with E-state index < -0.39 is 0 Å². The SMILES string of the molecule is O=C=NCCCC1CC2(CN=C=O)CCC1C2. The summed E-state index contributed by atoms with van der Waals surface area (Å²) in [5.41, 5.74) is 0.292. The van der Waals surface area contributed by atoms with Crippen LogP contribution in [0.15, 0.2) is 9.98 Å². The Balaban J connectivity index is 1.83. The standard InChI is InChI=1S/C13H18N2O2/c16-9-14-5-1-2-11-6-13(8-15-10-17)4-3-12(11)7-13/h11-12H,1-8H2. The van der Waals surface area contributed by atoms with Gasteiger partial charge in [-0.05, 0) is 55.8 Å². The molecule has 0 aromatic carbocycles. The highest BCUT2D eigenvalue weighted by atomic mass is 16.1. The Morgan fingerprint density at radius 1 is 1.18 bits per heavy atom. The molecule has 0 amide bonds. The maximum absolute atomic E-state index is 10.2. The van der Waals surface area contributed by atoms with Crippen molar-refractivity contribution in [2.45, 2.75) is 38.5 Å². The minimum atomic E-state index is 0.292. The third-order valence-corrected chi connectivity index (χ3v) is 4.49. The van der Waals surface area contributed by atoms with Gasteiger partial charge >= 0.3 is 0 Å². The zero-order valence-electron chi connectivity index (χ0n) is 10.0. The average molecular weight is 234 g/mol. The van der Waals surface area contributed by atoms with Crippen LogP contribution in [0.4, 0.5) is 0 Å². The maximum atomic E-state index is 10.2. The largest absolute Gasteiger partial charge is 0.234 e. The molecule has 4 nitrogen and oxygen atoms in total. The molecule has 2 saturated carbocycles. The number of rotatable bonds is 6. The van der Waals surface area contributed by atoms with Gasteiger partial charge in [-0.25, -0.2) is 19.6 Å². The van der Waals surface area contributed by atoms with Crippen LogP contribution in [0, 0.1) is 17.3 Å². The molecule has 2 aliphatic rings. The smallest absolute Gasteiger partial charge is 0.211 e. The summed E-state index contributed by atoms with van der Waals surface area (Å²) in [6, 6.07) is 0. The molecule has 2 rings (SSSR count). The normalized spacial score (nSPS) is 34.1. The van der Waals surface area contributed by atoms with E-state index in [1.165, 1.54) is 25.7 Å². The number of hydrogen-bond donors (Lipinski definition) is 0. The lowest BCUT2D eigenvalue weighted by Crippen LogP contribution is -2.21. The average Bonchev–Trinajstić information content (AvgIpc) is 2.90. The molecular formula is C13H18N2O2. The summed E-state index contributed by atoms with van der Waals surface area (Å²) in [5.74, 6) is 1.55. The fourth-order valence-electron chi connectivity index (χ4n) is 3.79. The highest BCUT2D eigenvalue weighted by molar-refractivity contribution is 5.33. The van der Waals surface area contributed by atoms with Crippen molar-refractivity contribution in [2.75, 3.05) is 13.1 Å². The van der Waals surface area contributed by atoms with Gasteiger partial charge in [-0.15, -0.1) is 0 Å². The number of fused-ring (bicyclic) bond motifs is 2. The maximum Gasteiger partial charge on any atom is 0.234 e. The summed E-state index contributed by atoms with van der Waals surface area (Å²) in [4.78, 5) is 27.6. The number of isocyanates is 2. The molecule has 4 heteroatoms. The molecule has 17 heavy (non-hydrogen) atoms. The first-order chi connectivity index (χ1) is 8.29. The fraction of sp³-hybridized carbons (Fsp3) is 0.846. The van der Waals surface area contributed by atoms with Gasteiger partial charge in [0.05, 0.1) is 13.1 Å². The topological polar surface area (TPSA) is 58.9 Å². The third-order valence-electron chi connectivity index (χ3n) is 4.49. The summed E-state index contributed by atoms with van der Waals surface area (Å²) < 4.78 is 0. The molecule has 2 aliphatic carbocycles. The molecule has 0 N–H and O–H groups in total. The van der Waals surface area contributed by atoms with Crippen molar-refractivity contribution < 1.29 is 9.59 Å². The van der Waals surface area contributed by atoms with Gasteiger partial charge in [-0.1, -0.05) is 0 Å². The van der Waals surface area contributed by atoms with Crippen LogP contribution in [-0.4, -0.2) is 25.2 Å². The molecule has 2 fully saturated rings. The Kier molecular flexibility index (Phi) is 3.88. The Morgan fingerprint density at radius 2 is 2.00 bits per heavy atom. The van der Waals surface area contributed by atoms with Crippen LogP contribution < -0.4 is 0 Å². The fourth-order valence-corrected chi connectivity index (χ4v) is 3.79. The molecule has 0 aromatic heterocycles. The number of aliphatic imine (C=N–C) groups is 2. The molecule has 3 unspecified atom stereocenters. The van der Waals surface area contributed by atoms with E-state index >= 15 is 0 Å². The molecule has 92 valence electrons. The predicted octanol–water partition coefficient (Wildman–Crippen LogP) is 2.24. The van der Waals surface area contributed by atoms with Gasteiger partial charge < -0.3 is 0 Å². The molecule has 0 spiro atoms. The molecule has 0 radical (unpaired) electrons. The summed E-state index contributed by atoms with van der Waals surface area (Å²) in [7, 11) is 0. The lowest BCUT2D eigenvalue weighted by atomic mass is 9.78. The van der Waals surface area contributed by atoms with E-state index in [9.17, 15) is 9.59 Å². The van der Waals surface area contributed by atoms with E-state index in [0.29, 0.717) is 18.5 Å². The third kappa shape index (κ3) is 2.71. The van der Waals surface area contributed by atoms with Crippen LogP contribution >= 0.6 is 0 Å². The number of hydrogen-bond acceptors (Lipinski definition) is 4. The summed E-state index contributed by atoms with van der Waals surface area (Å²) >= 11 is 0. The van der Waals surface area contributed by atoms with Gasteiger partial charge in [0.1, 0.15) is 0 Å². The van der Waals surface area contributed by atoms with Crippen LogP contribution in [-0.2, 0) is 9.59 Å². The van der Waals surface area contributed by atoms with E-state index in [1.807, 2.05) is 0 Å². The Hall–Kier alpha value is -1.24. The van der Waals surface area contributed by atoms with Crippen LogP contribution in [0.3, 0.4) is 0 Å². The molecule has 2 bridgehead atoms. The van der Waals surface area contributed by atoms with Crippen LogP contribution in [0.2, 0.25) is 0 Å². The first-order valence-electron chi connectivity index (χ1n) is 6.37. The minimum absolute atomic E-state index is 0.292. The van der Waals surface area contributed by atoms with Crippen molar-refractivity contribution in [3.05, 3.63) is 0 Å². The Morgan fingerprint density at radius 3 is 2.76 bits per heavy atom. The van der Waals surface area contributed by atoms with Gasteiger partial charge in [-0.3, -0.25) is 0 Å². The van der Waals surface area contributed by atoms with Crippen LogP contribution in [0.1, 0.15) is 38.5 Å². The highest BCUT2D eigenvalue weighted by Gasteiger charge is 2.49. The second-order valence-corrected chi connectivity index (χ2v) is 5.49. The van der Waals surface area contributed by atoms with Crippen molar-refractivity contribution in [3.63, 3.8) is 0 Å². The van der Waals surface area contributed by atoms with Gasteiger partial charge in [-0.2, -0.15) is 0 Å². The van der Waals surface area contributed by atoms with E-state index in [0.717, 1.165) is 24.7 Å². The highest BCUT2D eigenvalue weighted by Crippen LogP contribution is 2.58. The first kappa shape index (κ1) is 12.2.